The van der Waals surface area contributed by atoms with Crippen molar-refractivity contribution in [3.63, 3.8) is 0 Å². The van der Waals surface area contributed by atoms with E-state index in [-0.39, 0.29) is 5.75 Å². The Hall–Kier alpha value is -1.81. The van der Waals surface area contributed by atoms with Crippen molar-refractivity contribution in [1.82, 2.24) is 9.97 Å². The van der Waals surface area contributed by atoms with Crippen LogP contribution in [0.25, 0.3) is 0 Å². The fourth-order valence-corrected chi connectivity index (χ4v) is 2.81. The summed E-state index contributed by atoms with van der Waals surface area (Å²) in [4.78, 5) is 6.97. The molecule has 0 aliphatic heterocycles. The van der Waals surface area contributed by atoms with Crippen molar-refractivity contribution in [1.29, 1.82) is 0 Å². The van der Waals surface area contributed by atoms with Crippen molar-refractivity contribution in [2.24, 2.45) is 0 Å². The SMILES string of the molecule is O[C@H]1c2c(C(F)(F)F)ncc(Oc3cncc(Br)c3)c2[C@@H](F)[C@H]1F. The van der Waals surface area contributed by atoms with Gasteiger partial charge in [0.1, 0.15) is 11.9 Å². The van der Waals surface area contributed by atoms with Crippen LogP contribution in [0.4, 0.5) is 22.0 Å². The molecule has 4 nitrogen and oxygen atoms in total. The fraction of sp³-hybridized carbons (Fsp3) is 0.286. The molecule has 0 aromatic carbocycles. The predicted molar refractivity (Wildman–Crippen MR) is 75.0 cm³/mol. The number of halogens is 6. The Morgan fingerprint density at radius 3 is 2.46 bits per heavy atom. The molecule has 0 spiro atoms. The normalized spacial score (nSPS) is 23.2. The van der Waals surface area contributed by atoms with Crippen LogP contribution in [-0.2, 0) is 6.18 Å². The van der Waals surface area contributed by atoms with Gasteiger partial charge in [0.2, 0.25) is 0 Å². The second-order valence-electron chi connectivity index (χ2n) is 5.03. The molecule has 0 unspecified atom stereocenters. The average Bonchev–Trinajstić information content (AvgIpc) is 2.72. The summed E-state index contributed by atoms with van der Waals surface area (Å²) in [6.07, 6.45) is -8.92. The van der Waals surface area contributed by atoms with Gasteiger partial charge in [-0.15, -0.1) is 0 Å². The van der Waals surface area contributed by atoms with E-state index in [1.54, 1.807) is 0 Å². The lowest BCUT2D eigenvalue weighted by Gasteiger charge is -2.16. The van der Waals surface area contributed by atoms with E-state index < -0.39 is 47.2 Å². The Bertz CT molecular complexity index is 786. The third kappa shape index (κ3) is 2.84. The molecule has 2 aromatic heterocycles. The molecule has 1 aliphatic carbocycles. The number of alkyl halides is 5. The Morgan fingerprint density at radius 2 is 1.83 bits per heavy atom. The van der Waals surface area contributed by atoms with Gasteiger partial charge in [-0.2, -0.15) is 13.2 Å². The van der Waals surface area contributed by atoms with Crippen LogP contribution < -0.4 is 4.74 Å². The van der Waals surface area contributed by atoms with Gasteiger partial charge in [-0.05, 0) is 22.0 Å². The minimum atomic E-state index is -4.97. The van der Waals surface area contributed by atoms with Gasteiger partial charge in [0, 0.05) is 21.8 Å². The summed E-state index contributed by atoms with van der Waals surface area (Å²) in [5.41, 5.74) is -3.17. The first-order chi connectivity index (χ1) is 11.2. The summed E-state index contributed by atoms with van der Waals surface area (Å²) in [7, 11) is 0. The van der Waals surface area contributed by atoms with Crippen molar-refractivity contribution < 1.29 is 31.8 Å². The smallest absolute Gasteiger partial charge is 0.433 e. The molecule has 0 saturated heterocycles. The van der Waals surface area contributed by atoms with Gasteiger partial charge in [0.05, 0.1) is 12.4 Å². The van der Waals surface area contributed by atoms with Crippen molar-refractivity contribution in [3.8, 4) is 11.5 Å². The van der Waals surface area contributed by atoms with E-state index in [0.717, 1.165) is 0 Å². The largest absolute Gasteiger partial charge is 0.454 e. The number of hydrogen-bond donors (Lipinski definition) is 1. The number of rotatable bonds is 2. The summed E-state index contributed by atoms with van der Waals surface area (Å²) >= 11 is 3.13. The van der Waals surface area contributed by atoms with E-state index in [9.17, 15) is 27.1 Å². The van der Waals surface area contributed by atoms with Crippen molar-refractivity contribution in [2.75, 3.05) is 0 Å². The van der Waals surface area contributed by atoms with Gasteiger partial charge >= 0.3 is 6.18 Å². The van der Waals surface area contributed by atoms with Crippen LogP contribution in [0.5, 0.6) is 11.5 Å². The Morgan fingerprint density at radius 1 is 1.12 bits per heavy atom. The van der Waals surface area contributed by atoms with Crippen LogP contribution in [0.1, 0.15) is 29.1 Å². The van der Waals surface area contributed by atoms with Crippen molar-refractivity contribution >= 4 is 15.9 Å². The Balaban J connectivity index is 2.13. The molecule has 3 atom stereocenters. The van der Waals surface area contributed by atoms with Gasteiger partial charge in [0.15, 0.2) is 23.8 Å². The fourth-order valence-electron chi connectivity index (χ4n) is 2.47. The van der Waals surface area contributed by atoms with E-state index in [2.05, 4.69) is 25.9 Å². The first-order valence-electron chi connectivity index (χ1n) is 6.54. The van der Waals surface area contributed by atoms with E-state index in [4.69, 9.17) is 4.74 Å². The van der Waals surface area contributed by atoms with Gasteiger partial charge in [-0.1, -0.05) is 0 Å². The lowest BCUT2D eigenvalue weighted by atomic mass is 10.1. The number of fused-ring (bicyclic) bond motifs is 1. The van der Waals surface area contributed by atoms with Crippen LogP contribution in [0.15, 0.2) is 29.1 Å². The lowest BCUT2D eigenvalue weighted by molar-refractivity contribution is -0.143. The van der Waals surface area contributed by atoms with E-state index in [1.165, 1.54) is 18.5 Å². The zero-order chi connectivity index (χ0) is 17.6. The highest BCUT2D eigenvalue weighted by molar-refractivity contribution is 9.10. The minimum Gasteiger partial charge on any atom is -0.454 e. The van der Waals surface area contributed by atoms with Crippen LogP contribution >= 0.6 is 15.9 Å². The molecule has 0 radical (unpaired) electrons. The number of aliphatic hydroxyl groups excluding tert-OH is 1. The third-order valence-corrected chi connectivity index (χ3v) is 3.88. The van der Waals surface area contributed by atoms with Crippen LogP contribution in [-0.4, -0.2) is 21.2 Å². The van der Waals surface area contributed by atoms with Crippen LogP contribution in [0.3, 0.4) is 0 Å². The molecule has 1 aliphatic rings. The first kappa shape index (κ1) is 17.0. The van der Waals surface area contributed by atoms with E-state index in [0.29, 0.717) is 10.7 Å². The highest BCUT2D eigenvalue weighted by Crippen LogP contribution is 2.51. The number of ether oxygens (including phenoxy) is 1. The summed E-state index contributed by atoms with van der Waals surface area (Å²) < 4.78 is 72.7. The standard InChI is InChI=1S/C14H8BrF5N2O2/c15-5-1-6(3-21-2-5)24-7-4-22-13(14(18,19)20)9-8(7)10(16)11(17)12(9)23/h1-4,10-12,23H/t10-,11-,12+/m1/s1. The number of aliphatic hydroxyl groups is 1. The highest BCUT2D eigenvalue weighted by Gasteiger charge is 2.50. The van der Waals surface area contributed by atoms with Gasteiger partial charge < -0.3 is 9.84 Å². The lowest BCUT2D eigenvalue weighted by Crippen LogP contribution is -2.16. The van der Waals surface area contributed by atoms with Gasteiger partial charge in [-0.25, -0.2) is 13.8 Å². The molecule has 0 bridgehead atoms. The maximum Gasteiger partial charge on any atom is 0.433 e. The first-order valence-corrected chi connectivity index (χ1v) is 7.34. The summed E-state index contributed by atoms with van der Waals surface area (Å²) in [6, 6.07) is 1.43. The summed E-state index contributed by atoms with van der Waals surface area (Å²) in [5.74, 6) is -0.332. The predicted octanol–water partition coefficient (Wildman–Crippen LogP) is 4.45. The Labute approximate surface area is 140 Å². The molecule has 24 heavy (non-hydrogen) atoms. The molecule has 2 aromatic rings. The van der Waals surface area contributed by atoms with Crippen LogP contribution in [0, 0.1) is 0 Å². The van der Waals surface area contributed by atoms with Gasteiger partial charge in [-0.3, -0.25) is 4.98 Å². The van der Waals surface area contributed by atoms with Gasteiger partial charge in [0.25, 0.3) is 0 Å². The third-order valence-electron chi connectivity index (χ3n) is 3.45. The molecule has 0 amide bonds. The van der Waals surface area contributed by atoms with Crippen LogP contribution in [0.2, 0.25) is 0 Å². The zero-order valence-electron chi connectivity index (χ0n) is 11.6. The van der Waals surface area contributed by atoms with Crippen molar-refractivity contribution in [2.45, 2.75) is 24.6 Å². The number of pyridine rings is 2. The maximum absolute atomic E-state index is 14.1. The highest BCUT2D eigenvalue weighted by atomic mass is 79.9. The molecular formula is C14H8BrF5N2O2. The van der Waals surface area contributed by atoms with Crippen molar-refractivity contribution in [3.05, 3.63) is 46.0 Å². The number of hydrogen-bond acceptors (Lipinski definition) is 4. The molecule has 0 saturated carbocycles. The topological polar surface area (TPSA) is 55.2 Å². The molecule has 10 heteroatoms. The quantitative estimate of drug-likeness (QED) is 0.743. The summed E-state index contributed by atoms with van der Waals surface area (Å²) in [6.45, 7) is 0. The molecule has 1 N–H and O–H groups in total. The molecule has 2 heterocycles. The number of nitrogens with zero attached hydrogens (tertiary/aromatic N) is 2. The molecule has 3 rings (SSSR count). The second kappa shape index (κ2) is 5.92. The molecule has 128 valence electrons. The average molecular weight is 411 g/mol. The monoisotopic (exact) mass is 410 g/mol. The second-order valence-corrected chi connectivity index (χ2v) is 5.94. The van der Waals surface area contributed by atoms with E-state index >= 15 is 0 Å². The zero-order valence-corrected chi connectivity index (χ0v) is 13.1. The van der Waals surface area contributed by atoms with E-state index in [1.807, 2.05) is 0 Å². The maximum atomic E-state index is 14.1. The minimum absolute atomic E-state index is 0.0807. The summed E-state index contributed by atoms with van der Waals surface area (Å²) in [5, 5.41) is 9.67. The number of aromatic nitrogens is 2. The molecular weight excluding hydrogens is 403 g/mol. The molecule has 0 fully saturated rings. The Kier molecular flexibility index (Phi) is 4.20.